The minimum Gasteiger partial charge on any atom is -0.484 e. The number of nitro benzene ring substituents is 1. The Kier molecular flexibility index (Phi) is 5.45. The molecule has 0 radical (unpaired) electrons. The van der Waals surface area contributed by atoms with E-state index in [1.165, 1.54) is 36.5 Å². The molecular formula is C21H15N5O6. The number of ether oxygens (including phenoxy) is 1. The van der Waals surface area contributed by atoms with Crippen LogP contribution in [-0.4, -0.2) is 31.7 Å². The van der Waals surface area contributed by atoms with Crippen molar-refractivity contribution >= 4 is 28.6 Å². The van der Waals surface area contributed by atoms with Gasteiger partial charge in [0.15, 0.2) is 6.61 Å². The number of anilines is 1. The number of benzene rings is 2. The Morgan fingerprint density at radius 2 is 1.56 bits per heavy atom. The van der Waals surface area contributed by atoms with E-state index in [4.69, 9.17) is 4.74 Å². The lowest BCUT2D eigenvalue weighted by atomic mass is 10.2. The molecule has 0 aliphatic heterocycles. The number of pyridine rings is 1. The molecule has 0 saturated heterocycles. The number of aromatic nitrogens is 2. The normalized spacial score (nSPS) is 10.6. The second-order valence-electron chi connectivity index (χ2n) is 6.70. The first-order chi connectivity index (χ1) is 15.4. The SMILES string of the molecule is O=C(COc1ccc(-c2cn3cc([N+](=O)[O-])ccc3n2)cc1)Nc1ccc([N+](=O)[O-])cc1. The molecule has 2 aromatic heterocycles. The van der Waals surface area contributed by atoms with Crippen LogP contribution in [0.5, 0.6) is 5.75 Å². The van der Waals surface area contributed by atoms with Gasteiger partial charge in [-0.25, -0.2) is 4.98 Å². The van der Waals surface area contributed by atoms with E-state index in [0.717, 1.165) is 5.56 Å². The van der Waals surface area contributed by atoms with E-state index in [1.807, 2.05) is 0 Å². The summed E-state index contributed by atoms with van der Waals surface area (Å²) in [5, 5.41) is 24.2. The summed E-state index contributed by atoms with van der Waals surface area (Å²) in [6.45, 7) is -0.242. The average molecular weight is 433 g/mol. The first-order valence-corrected chi connectivity index (χ1v) is 9.30. The molecule has 2 heterocycles. The second kappa shape index (κ2) is 8.52. The first-order valence-electron chi connectivity index (χ1n) is 9.30. The van der Waals surface area contributed by atoms with Crippen molar-refractivity contribution < 1.29 is 19.4 Å². The number of nitrogens with one attached hydrogen (secondary N) is 1. The number of amides is 1. The van der Waals surface area contributed by atoms with Gasteiger partial charge in [-0.1, -0.05) is 0 Å². The van der Waals surface area contributed by atoms with Gasteiger partial charge in [-0.3, -0.25) is 29.4 Å². The lowest BCUT2D eigenvalue weighted by Crippen LogP contribution is -2.20. The summed E-state index contributed by atoms with van der Waals surface area (Å²) in [5.74, 6) is 0.0527. The highest BCUT2D eigenvalue weighted by atomic mass is 16.6. The summed E-state index contributed by atoms with van der Waals surface area (Å²) in [6.07, 6.45) is 3.09. The molecule has 2 aromatic carbocycles. The molecule has 0 atom stereocenters. The molecular weight excluding hydrogens is 418 g/mol. The number of nitro groups is 2. The molecule has 0 unspecified atom stereocenters. The first kappa shape index (κ1) is 20.5. The largest absolute Gasteiger partial charge is 0.484 e. The summed E-state index contributed by atoms with van der Waals surface area (Å²) < 4.78 is 7.06. The van der Waals surface area contributed by atoms with Gasteiger partial charge < -0.3 is 10.1 Å². The van der Waals surface area contributed by atoms with Crippen LogP contribution in [0.2, 0.25) is 0 Å². The molecule has 0 aliphatic rings. The Balaban J connectivity index is 1.37. The van der Waals surface area contributed by atoms with Crippen LogP contribution in [0, 0.1) is 20.2 Å². The Bertz CT molecular complexity index is 1320. The summed E-state index contributed by atoms with van der Waals surface area (Å²) in [4.78, 5) is 37.1. The lowest BCUT2D eigenvalue weighted by molar-refractivity contribution is -0.385. The van der Waals surface area contributed by atoms with Gasteiger partial charge in [0, 0.05) is 35.6 Å². The quantitative estimate of drug-likeness (QED) is 0.345. The molecule has 160 valence electrons. The third-order valence-corrected chi connectivity index (χ3v) is 4.53. The zero-order valence-electron chi connectivity index (χ0n) is 16.4. The van der Waals surface area contributed by atoms with E-state index in [0.29, 0.717) is 22.8 Å². The van der Waals surface area contributed by atoms with Crippen molar-refractivity contribution in [2.75, 3.05) is 11.9 Å². The second-order valence-corrected chi connectivity index (χ2v) is 6.70. The van der Waals surface area contributed by atoms with Crippen molar-refractivity contribution in [2.45, 2.75) is 0 Å². The predicted octanol–water partition coefficient (Wildman–Crippen LogP) is 3.84. The molecule has 0 fully saturated rings. The van der Waals surface area contributed by atoms with Crippen molar-refractivity contribution in [3.63, 3.8) is 0 Å². The Morgan fingerprint density at radius 1 is 0.906 bits per heavy atom. The molecule has 0 bridgehead atoms. The number of nitrogens with zero attached hydrogens (tertiary/aromatic N) is 4. The van der Waals surface area contributed by atoms with Crippen molar-refractivity contribution in [1.29, 1.82) is 0 Å². The van der Waals surface area contributed by atoms with Crippen LogP contribution in [0.1, 0.15) is 0 Å². The minimum atomic E-state index is -0.519. The molecule has 11 heteroatoms. The number of carbonyl (C=O) groups excluding carboxylic acids is 1. The predicted molar refractivity (Wildman–Crippen MR) is 115 cm³/mol. The number of hydrogen-bond acceptors (Lipinski definition) is 7. The maximum atomic E-state index is 12.0. The molecule has 0 spiro atoms. The van der Waals surface area contributed by atoms with E-state index in [-0.39, 0.29) is 18.0 Å². The molecule has 1 amide bonds. The fourth-order valence-corrected chi connectivity index (χ4v) is 2.96. The van der Waals surface area contributed by atoms with Gasteiger partial charge in [0.1, 0.15) is 11.4 Å². The topological polar surface area (TPSA) is 142 Å². The highest BCUT2D eigenvalue weighted by molar-refractivity contribution is 5.92. The zero-order valence-corrected chi connectivity index (χ0v) is 16.4. The number of fused-ring (bicyclic) bond motifs is 1. The van der Waals surface area contributed by atoms with E-state index in [2.05, 4.69) is 10.3 Å². The molecule has 4 aromatic rings. The summed E-state index contributed by atoms with van der Waals surface area (Å²) >= 11 is 0. The van der Waals surface area contributed by atoms with Crippen molar-refractivity contribution in [2.24, 2.45) is 0 Å². The van der Waals surface area contributed by atoms with Crippen LogP contribution in [0.25, 0.3) is 16.9 Å². The van der Waals surface area contributed by atoms with Crippen LogP contribution in [0.3, 0.4) is 0 Å². The standard InChI is InChI=1S/C21H15N5O6/c27-21(22-15-3-5-16(6-4-15)25(28)29)13-32-18-8-1-14(2-9-18)19-12-24-11-17(26(30)31)7-10-20(24)23-19/h1-12H,13H2,(H,22,27). The average Bonchev–Trinajstić information content (AvgIpc) is 3.22. The highest BCUT2D eigenvalue weighted by Crippen LogP contribution is 2.23. The summed E-state index contributed by atoms with van der Waals surface area (Å²) in [6, 6.07) is 15.3. The molecule has 4 rings (SSSR count). The van der Waals surface area contributed by atoms with Gasteiger partial charge in [-0.05, 0) is 42.5 Å². The highest BCUT2D eigenvalue weighted by Gasteiger charge is 2.11. The Morgan fingerprint density at radius 3 is 2.22 bits per heavy atom. The van der Waals surface area contributed by atoms with Gasteiger partial charge in [0.25, 0.3) is 17.3 Å². The van der Waals surface area contributed by atoms with E-state index >= 15 is 0 Å². The summed E-state index contributed by atoms with van der Waals surface area (Å²) in [5.41, 5.74) is 2.31. The lowest BCUT2D eigenvalue weighted by Gasteiger charge is -2.08. The number of rotatable bonds is 7. The van der Waals surface area contributed by atoms with Crippen LogP contribution in [-0.2, 0) is 4.79 Å². The maximum Gasteiger partial charge on any atom is 0.286 e. The fraction of sp³-hybridized carbons (Fsp3) is 0.0476. The maximum absolute atomic E-state index is 12.0. The van der Waals surface area contributed by atoms with Gasteiger partial charge in [-0.2, -0.15) is 0 Å². The van der Waals surface area contributed by atoms with Gasteiger partial charge in [-0.15, -0.1) is 0 Å². The molecule has 11 nitrogen and oxygen atoms in total. The number of hydrogen-bond donors (Lipinski definition) is 1. The third kappa shape index (κ3) is 4.51. The number of carbonyl (C=O) groups is 1. The zero-order chi connectivity index (χ0) is 22.7. The minimum absolute atomic E-state index is 0.0304. The molecule has 0 saturated carbocycles. The van der Waals surface area contributed by atoms with Gasteiger partial charge in [0.05, 0.1) is 21.7 Å². The molecule has 1 N–H and O–H groups in total. The smallest absolute Gasteiger partial charge is 0.286 e. The van der Waals surface area contributed by atoms with E-state index in [9.17, 15) is 25.0 Å². The van der Waals surface area contributed by atoms with Gasteiger partial charge >= 0.3 is 0 Å². The van der Waals surface area contributed by atoms with Crippen molar-refractivity contribution in [1.82, 2.24) is 9.38 Å². The summed E-state index contributed by atoms with van der Waals surface area (Å²) in [7, 11) is 0. The van der Waals surface area contributed by atoms with Crippen LogP contribution < -0.4 is 10.1 Å². The van der Waals surface area contributed by atoms with Gasteiger partial charge in [0.2, 0.25) is 0 Å². The monoisotopic (exact) mass is 433 g/mol. The molecule has 0 aliphatic carbocycles. The Labute approximate surface area is 180 Å². The molecule has 32 heavy (non-hydrogen) atoms. The van der Waals surface area contributed by atoms with E-state index in [1.54, 1.807) is 40.9 Å². The van der Waals surface area contributed by atoms with Crippen molar-refractivity contribution in [3.05, 3.63) is 93.3 Å². The van der Waals surface area contributed by atoms with Crippen LogP contribution in [0.15, 0.2) is 73.1 Å². The third-order valence-electron chi connectivity index (χ3n) is 4.53. The van der Waals surface area contributed by atoms with Crippen LogP contribution in [0.4, 0.5) is 17.1 Å². The Hall–Kier alpha value is -4.80. The van der Waals surface area contributed by atoms with Crippen LogP contribution >= 0.6 is 0 Å². The number of non-ortho nitro benzene ring substituents is 1. The number of imidazole rings is 1. The van der Waals surface area contributed by atoms with E-state index < -0.39 is 15.8 Å². The fourth-order valence-electron chi connectivity index (χ4n) is 2.96. The van der Waals surface area contributed by atoms with Crippen molar-refractivity contribution in [3.8, 4) is 17.0 Å².